The van der Waals surface area contributed by atoms with E-state index >= 15 is 0 Å². The van der Waals surface area contributed by atoms with Crippen molar-refractivity contribution in [3.63, 3.8) is 0 Å². The second-order valence-electron chi connectivity index (χ2n) is 6.16. The minimum Gasteiger partial charge on any atom is -0.493 e. The number of rotatable bonds is 8. The summed E-state index contributed by atoms with van der Waals surface area (Å²) in [6.07, 6.45) is 0.414. The molecule has 1 aromatic heterocycles. The van der Waals surface area contributed by atoms with Crippen molar-refractivity contribution in [2.45, 2.75) is 20.0 Å². The maximum atomic E-state index is 12.5. The van der Waals surface area contributed by atoms with Crippen molar-refractivity contribution in [1.29, 1.82) is 0 Å². The molecule has 29 heavy (non-hydrogen) atoms. The molecule has 1 heterocycles. The van der Waals surface area contributed by atoms with E-state index in [0.717, 1.165) is 5.56 Å². The molecule has 152 valence electrons. The van der Waals surface area contributed by atoms with E-state index in [0.29, 0.717) is 23.6 Å². The molecule has 0 saturated heterocycles. The molecular formula is C21H20F2N2O4. The maximum Gasteiger partial charge on any atom is 0.387 e. The van der Waals surface area contributed by atoms with Crippen LogP contribution in [0.15, 0.2) is 52.9 Å². The summed E-state index contributed by atoms with van der Waals surface area (Å²) in [6, 6.07) is 14.0. The van der Waals surface area contributed by atoms with Gasteiger partial charge in [0.15, 0.2) is 17.2 Å². The molecule has 3 rings (SSSR count). The fourth-order valence-corrected chi connectivity index (χ4v) is 2.78. The first-order valence-electron chi connectivity index (χ1n) is 8.90. The van der Waals surface area contributed by atoms with Gasteiger partial charge < -0.3 is 19.2 Å². The third kappa shape index (κ3) is 5.10. The number of carbonyl (C=O) groups excluding carboxylic acids is 1. The van der Waals surface area contributed by atoms with Crippen LogP contribution >= 0.6 is 0 Å². The second-order valence-corrected chi connectivity index (χ2v) is 6.16. The van der Waals surface area contributed by atoms with Gasteiger partial charge >= 0.3 is 6.61 Å². The highest BCUT2D eigenvalue weighted by atomic mass is 19.3. The molecule has 1 N–H and O–H groups in total. The summed E-state index contributed by atoms with van der Waals surface area (Å²) in [5.74, 6) is 0.581. The molecule has 0 spiro atoms. The molecule has 0 unspecified atom stereocenters. The Kier molecular flexibility index (Phi) is 6.43. The SMILES string of the molecule is COc1ccc(CCNC(=O)c2nc(-c3ccccc3)oc2C)cc1OC(F)F. The highest BCUT2D eigenvalue weighted by Crippen LogP contribution is 2.29. The first-order valence-corrected chi connectivity index (χ1v) is 8.90. The predicted molar refractivity (Wildman–Crippen MR) is 102 cm³/mol. The van der Waals surface area contributed by atoms with Gasteiger partial charge in [0.2, 0.25) is 5.89 Å². The molecule has 3 aromatic rings. The average Bonchev–Trinajstić information content (AvgIpc) is 3.10. The quantitative estimate of drug-likeness (QED) is 0.610. The van der Waals surface area contributed by atoms with Crippen LogP contribution in [0.3, 0.4) is 0 Å². The van der Waals surface area contributed by atoms with Gasteiger partial charge in [0.1, 0.15) is 5.76 Å². The van der Waals surface area contributed by atoms with E-state index in [1.165, 1.54) is 13.2 Å². The van der Waals surface area contributed by atoms with Crippen LogP contribution in [0.1, 0.15) is 21.8 Å². The van der Waals surface area contributed by atoms with Gasteiger partial charge in [-0.3, -0.25) is 4.79 Å². The molecule has 0 saturated carbocycles. The van der Waals surface area contributed by atoms with Gasteiger partial charge in [-0.15, -0.1) is 0 Å². The summed E-state index contributed by atoms with van der Waals surface area (Å²) >= 11 is 0. The number of nitrogens with zero attached hydrogens (tertiary/aromatic N) is 1. The molecule has 2 aromatic carbocycles. The van der Waals surface area contributed by atoms with E-state index in [2.05, 4.69) is 15.0 Å². The third-order valence-corrected chi connectivity index (χ3v) is 4.18. The fraction of sp³-hybridized carbons (Fsp3) is 0.238. The van der Waals surface area contributed by atoms with Gasteiger partial charge in [-0.2, -0.15) is 8.78 Å². The van der Waals surface area contributed by atoms with Crippen molar-refractivity contribution in [2.75, 3.05) is 13.7 Å². The lowest BCUT2D eigenvalue weighted by atomic mass is 10.1. The van der Waals surface area contributed by atoms with E-state index in [1.54, 1.807) is 19.1 Å². The van der Waals surface area contributed by atoms with E-state index < -0.39 is 6.61 Å². The van der Waals surface area contributed by atoms with Crippen molar-refractivity contribution in [1.82, 2.24) is 10.3 Å². The number of aromatic nitrogens is 1. The van der Waals surface area contributed by atoms with E-state index in [9.17, 15) is 13.6 Å². The summed E-state index contributed by atoms with van der Waals surface area (Å²) in [6.45, 7) is -0.995. The number of hydrogen-bond acceptors (Lipinski definition) is 5. The number of methoxy groups -OCH3 is 1. The predicted octanol–water partition coefficient (Wildman–Crippen LogP) is 4.23. The molecule has 8 heteroatoms. The zero-order valence-electron chi connectivity index (χ0n) is 15.9. The van der Waals surface area contributed by atoms with Crippen LogP contribution in [-0.2, 0) is 6.42 Å². The number of nitrogens with one attached hydrogen (secondary N) is 1. The number of aryl methyl sites for hydroxylation is 1. The molecule has 0 bridgehead atoms. The van der Waals surface area contributed by atoms with Gasteiger partial charge in [0.05, 0.1) is 7.11 Å². The van der Waals surface area contributed by atoms with Crippen molar-refractivity contribution in [3.05, 3.63) is 65.5 Å². The van der Waals surface area contributed by atoms with Crippen LogP contribution in [0, 0.1) is 6.92 Å². The van der Waals surface area contributed by atoms with Gasteiger partial charge in [0, 0.05) is 12.1 Å². The van der Waals surface area contributed by atoms with Crippen LogP contribution in [0.25, 0.3) is 11.5 Å². The fourth-order valence-electron chi connectivity index (χ4n) is 2.78. The van der Waals surface area contributed by atoms with Crippen LogP contribution in [0.5, 0.6) is 11.5 Å². The lowest BCUT2D eigenvalue weighted by Crippen LogP contribution is -2.26. The van der Waals surface area contributed by atoms with Crippen LogP contribution in [0.4, 0.5) is 8.78 Å². The number of hydrogen-bond donors (Lipinski definition) is 1. The monoisotopic (exact) mass is 402 g/mol. The maximum absolute atomic E-state index is 12.5. The lowest BCUT2D eigenvalue weighted by molar-refractivity contribution is -0.0512. The first kappa shape index (κ1) is 20.3. The summed E-state index contributed by atoms with van der Waals surface area (Å²) < 4.78 is 40.1. The molecule has 1 amide bonds. The Morgan fingerprint density at radius 3 is 2.62 bits per heavy atom. The zero-order valence-corrected chi connectivity index (χ0v) is 15.9. The molecule has 0 aliphatic rings. The van der Waals surface area contributed by atoms with Crippen molar-refractivity contribution < 1.29 is 27.5 Å². The number of ether oxygens (including phenoxy) is 2. The topological polar surface area (TPSA) is 73.6 Å². The molecule has 0 fully saturated rings. The normalized spacial score (nSPS) is 10.8. The Hall–Kier alpha value is -3.42. The molecule has 0 aliphatic carbocycles. The molecular weight excluding hydrogens is 382 g/mol. The molecule has 6 nitrogen and oxygen atoms in total. The van der Waals surface area contributed by atoms with Gasteiger partial charge in [-0.05, 0) is 43.2 Å². The number of amides is 1. The van der Waals surface area contributed by atoms with Crippen molar-refractivity contribution in [2.24, 2.45) is 0 Å². The van der Waals surface area contributed by atoms with Crippen molar-refractivity contribution in [3.8, 4) is 23.0 Å². The van der Waals surface area contributed by atoms with E-state index in [4.69, 9.17) is 9.15 Å². The number of carbonyl (C=O) groups is 1. The highest BCUT2D eigenvalue weighted by molar-refractivity contribution is 5.93. The highest BCUT2D eigenvalue weighted by Gasteiger charge is 2.18. The molecule has 0 atom stereocenters. The third-order valence-electron chi connectivity index (χ3n) is 4.18. The zero-order chi connectivity index (χ0) is 20.8. The Morgan fingerprint density at radius 2 is 1.93 bits per heavy atom. The van der Waals surface area contributed by atoms with Crippen LogP contribution in [-0.4, -0.2) is 31.2 Å². The lowest BCUT2D eigenvalue weighted by Gasteiger charge is -2.11. The molecule has 0 radical (unpaired) electrons. The summed E-state index contributed by atoms with van der Waals surface area (Å²) in [4.78, 5) is 16.7. The standard InChI is InChI=1S/C21H20F2N2O4/c1-13-18(25-20(28-13)15-6-4-3-5-7-15)19(26)24-11-10-14-8-9-16(27-2)17(12-14)29-21(22)23/h3-9,12,21H,10-11H2,1-2H3,(H,24,26). The Labute approximate surface area is 166 Å². The largest absolute Gasteiger partial charge is 0.493 e. The number of alkyl halides is 2. The van der Waals surface area contributed by atoms with Gasteiger partial charge in [-0.1, -0.05) is 24.3 Å². The number of benzene rings is 2. The van der Waals surface area contributed by atoms with Crippen LogP contribution in [0.2, 0.25) is 0 Å². The minimum atomic E-state index is -2.95. The van der Waals surface area contributed by atoms with Gasteiger partial charge in [0.25, 0.3) is 5.91 Å². The smallest absolute Gasteiger partial charge is 0.387 e. The Bertz CT molecular complexity index is 974. The minimum absolute atomic E-state index is 0.0498. The molecule has 0 aliphatic heterocycles. The number of oxazole rings is 1. The van der Waals surface area contributed by atoms with E-state index in [1.807, 2.05) is 30.3 Å². The first-order chi connectivity index (χ1) is 14.0. The Morgan fingerprint density at radius 1 is 1.17 bits per heavy atom. The summed E-state index contributed by atoms with van der Waals surface area (Å²) in [5, 5.41) is 2.76. The van der Waals surface area contributed by atoms with Crippen LogP contribution < -0.4 is 14.8 Å². The Balaban J connectivity index is 1.62. The second kappa shape index (κ2) is 9.18. The van der Waals surface area contributed by atoms with E-state index in [-0.39, 0.29) is 29.6 Å². The summed E-state index contributed by atoms with van der Waals surface area (Å²) in [7, 11) is 1.37. The average molecular weight is 402 g/mol. The van der Waals surface area contributed by atoms with Crippen molar-refractivity contribution >= 4 is 5.91 Å². The van der Waals surface area contributed by atoms with Gasteiger partial charge in [-0.25, -0.2) is 4.98 Å². The number of halogens is 2. The summed E-state index contributed by atoms with van der Waals surface area (Å²) in [5.41, 5.74) is 1.70.